The highest BCUT2D eigenvalue weighted by Gasteiger charge is 2.57. The molecule has 11 nitrogen and oxygen atoms in total. The summed E-state index contributed by atoms with van der Waals surface area (Å²) in [4.78, 5) is 40.4. The van der Waals surface area contributed by atoms with Crippen LogP contribution in [0.4, 0.5) is 5.69 Å². The number of aliphatic hydroxyl groups is 1. The molecule has 4 aliphatic rings. The number of rotatable bonds is 13. The van der Waals surface area contributed by atoms with E-state index >= 15 is 0 Å². The van der Waals surface area contributed by atoms with Crippen LogP contribution in [-0.4, -0.2) is 85.6 Å². The van der Waals surface area contributed by atoms with Gasteiger partial charge in [-0.15, -0.1) is 0 Å². The van der Waals surface area contributed by atoms with Gasteiger partial charge < -0.3 is 31.1 Å². The molecule has 0 radical (unpaired) electrons. The Balaban J connectivity index is 1.26. The third kappa shape index (κ3) is 7.42. The standard InChI is InChI=1S/C41H56N6O5/c1-24-33-20-29(41(33,3)4)21-34(24)45-40(50)37-36(25(2)48)35(22-42)52-47(37)23-26-11-10-13-32(38(26)51-7)27-17-28(19-31(18-27)46(5)6)39(49)44-16-14-30-12-8-9-15-43-30/h8-13,15,17-19,24-25,29,33-37,48H,14,16,20-23,42H2,1-7H3,(H,44,49)(H,45,50)/t24-,25-,29+,33-,34-,35-,36+,37-/m0/s1. The molecular formula is C41H56N6O5. The van der Waals surface area contributed by atoms with Gasteiger partial charge in [0, 0.05) is 79.8 Å². The SMILES string of the molecule is COc1c(CN2O[C@@H](CN)[C@@H]([C@H](C)O)[C@H]2C(=O)N[C@H]2C[C@H]3C[C@@H]([C@@H]2C)C3(C)C)cccc1-c1cc(C(=O)NCCc2ccccn2)cc(N(C)C)c1. The lowest BCUT2D eigenvalue weighted by Crippen LogP contribution is -2.62. The Labute approximate surface area is 308 Å². The number of para-hydroxylation sites is 1. The lowest BCUT2D eigenvalue weighted by atomic mass is 9.45. The van der Waals surface area contributed by atoms with Gasteiger partial charge in [-0.05, 0) is 78.8 Å². The minimum Gasteiger partial charge on any atom is -0.496 e. The zero-order valence-electron chi connectivity index (χ0n) is 31.6. The molecular weight excluding hydrogens is 656 g/mol. The average molecular weight is 713 g/mol. The molecule has 52 heavy (non-hydrogen) atoms. The van der Waals surface area contributed by atoms with Crippen molar-refractivity contribution in [1.29, 1.82) is 0 Å². The summed E-state index contributed by atoms with van der Waals surface area (Å²) in [6.07, 6.45) is 3.20. The number of hydrogen-bond donors (Lipinski definition) is 4. The monoisotopic (exact) mass is 712 g/mol. The average Bonchev–Trinajstić information content (AvgIpc) is 3.51. The van der Waals surface area contributed by atoms with E-state index in [4.69, 9.17) is 15.3 Å². The second-order valence-corrected chi connectivity index (χ2v) is 15.8. The normalized spacial score (nSPS) is 27.0. The molecule has 11 heteroatoms. The number of amides is 2. The predicted molar refractivity (Wildman–Crippen MR) is 203 cm³/mol. The van der Waals surface area contributed by atoms with Gasteiger partial charge in [0.25, 0.3) is 5.91 Å². The maximum absolute atomic E-state index is 14.3. The van der Waals surface area contributed by atoms with Crippen LogP contribution in [0.25, 0.3) is 11.1 Å². The fourth-order valence-electron chi connectivity index (χ4n) is 8.98. The van der Waals surface area contributed by atoms with Gasteiger partial charge in [0.15, 0.2) is 0 Å². The Morgan fingerprint density at radius 2 is 1.94 bits per heavy atom. The van der Waals surface area contributed by atoms with Gasteiger partial charge in [0.2, 0.25) is 5.91 Å². The first-order chi connectivity index (χ1) is 24.8. The maximum atomic E-state index is 14.3. The number of nitrogens with one attached hydrogen (secondary N) is 2. The van der Waals surface area contributed by atoms with Crippen LogP contribution in [0.5, 0.6) is 5.75 Å². The number of fused-ring (bicyclic) bond motifs is 2. The molecule has 1 saturated heterocycles. The fourth-order valence-corrected chi connectivity index (χ4v) is 8.98. The number of nitrogens with zero attached hydrogens (tertiary/aromatic N) is 3. The first-order valence-electron chi connectivity index (χ1n) is 18.6. The third-order valence-corrected chi connectivity index (χ3v) is 12.1. The summed E-state index contributed by atoms with van der Waals surface area (Å²) in [5.74, 6) is 1.29. The van der Waals surface area contributed by atoms with Crippen molar-refractivity contribution >= 4 is 17.5 Å². The van der Waals surface area contributed by atoms with Crippen molar-refractivity contribution in [3.63, 3.8) is 0 Å². The number of benzene rings is 2. The minimum absolute atomic E-state index is 0.0703. The molecule has 2 bridgehead atoms. The molecule has 8 atom stereocenters. The highest BCUT2D eigenvalue weighted by molar-refractivity contribution is 5.97. The highest BCUT2D eigenvalue weighted by atomic mass is 16.7. The van der Waals surface area contributed by atoms with E-state index in [2.05, 4.69) is 36.4 Å². The molecule has 3 aromatic rings. The van der Waals surface area contributed by atoms with E-state index in [1.165, 1.54) is 6.42 Å². The summed E-state index contributed by atoms with van der Waals surface area (Å²) in [7, 11) is 5.50. The van der Waals surface area contributed by atoms with Gasteiger partial charge in [-0.25, -0.2) is 0 Å². The number of anilines is 1. The molecule has 0 spiro atoms. The van der Waals surface area contributed by atoms with Crippen LogP contribution in [0.1, 0.15) is 62.2 Å². The molecule has 7 rings (SSSR count). The number of methoxy groups -OCH3 is 1. The molecule has 1 aromatic heterocycles. The zero-order valence-corrected chi connectivity index (χ0v) is 31.6. The molecule has 2 heterocycles. The Morgan fingerprint density at radius 3 is 2.58 bits per heavy atom. The third-order valence-electron chi connectivity index (χ3n) is 12.1. The maximum Gasteiger partial charge on any atom is 0.251 e. The number of pyridine rings is 1. The van der Waals surface area contributed by atoms with Crippen molar-refractivity contribution in [2.45, 2.75) is 77.8 Å². The van der Waals surface area contributed by atoms with Crippen LogP contribution in [0.2, 0.25) is 0 Å². The van der Waals surface area contributed by atoms with Gasteiger partial charge in [-0.1, -0.05) is 45.0 Å². The van der Waals surface area contributed by atoms with Crippen molar-refractivity contribution in [1.82, 2.24) is 20.7 Å². The van der Waals surface area contributed by atoms with E-state index in [-0.39, 0.29) is 30.9 Å². The summed E-state index contributed by atoms with van der Waals surface area (Å²) in [5.41, 5.74) is 11.2. The summed E-state index contributed by atoms with van der Waals surface area (Å²) >= 11 is 0. The van der Waals surface area contributed by atoms with E-state index in [9.17, 15) is 14.7 Å². The van der Waals surface area contributed by atoms with Crippen LogP contribution in [0.3, 0.4) is 0 Å². The van der Waals surface area contributed by atoms with Crippen LogP contribution in [0, 0.1) is 29.1 Å². The lowest BCUT2D eigenvalue weighted by molar-refractivity contribution is -0.175. The molecule has 2 aromatic carbocycles. The second-order valence-electron chi connectivity index (χ2n) is 15.8. The first kappa shape index (κ1) is 37.7. The van der Waals surface area contributed by atoms with Crippen molar-refractivity contribution in [3.05, 3.63) is 77.6 Å². The Morgan fingerprint density at radius 1 is 1.15 bits per heavy atom. The number of aromatic nitrogens is 1. The predicted octanol–water partition coefficient (Wildman–Crippen LogP) is 4.42. The second kappa shape index (κ2) is 15.5. The van der Waals surface area contributed by atoms with E-state index in [1.807, 2.05) is 73.6 Å². The van der Waals surface area contributed by atoms with E-state index in [1.54, 1.807) is 25.3 Å². The summed E-state index contributed by atoms with van der Waals surface area (Å²) in [6.45, 7) is 9.49. The van der Waals surface area contributed by atoms with E-state index < -0.39 is 24.2 Å². The zero-order chi connectivity index (χ0) is 37.3. The topological polar surface area (TPSA) is 142 Å². The number of carbonyl (C=O) groups excluding carboxylic acids is 2. The first-order valence-corrected chi connectivity index (χ1v) is 18.6. The van der Waals surface area contributed by atoms with Gasteiger partial charge in [0.1, 0.15) is 11.8 Å². The van der Waals surface area contributed by atoms with Gasteiger partial charge in [-0.2, -0.15) is 5.06 Å². The summed E-state index contributed by atoms with van der Waals surface area (Å²) in [6, 6.07) is 16.7. The van der Waals surface area contributed by atoms with Crippen LogP contribution >= 0.6 is 0 Å². The molecule has 5 N–H and O–H groups in total. The number of aliphatic hydroxyl groups excluding tert-OH is 1. The quantitative estimate of drug-likeness (QED) is 0.203. The van der Waals surface area contributed by atoms with E-state index in [0.29, 0.717) is 47.4 Å². The molecule has 2 amide bonds. The Kier molecular flexibility index (Phi) is 11.3. The minimum atomic E-state index is -0.819. The number of nitrogens with two attached hydrogens (primary N) is 1. The van der Waals surface area contributed by atoms with Crippen LogP contribution in [-0.2, 0) is 22.6 Å². The van der Waals surface area contributed by atoms with Crippen molar-refractivity contribution < 1.29 is 24.3 Å². The Hall–Kier alpha value is -4.03. The van der Waals surface area contributed by atoms with Gasteiger partial charge in [-0.3, -0.25) is 19.4 Å². The van der Waals surface area contributed by atoms with Gasteiger partial charge >= 0.3 is 0 Å². The summed E-state index contributed by atoms with van der Waals surface area (Å²) < 4.78 is 6.07. The van der Waals surface area contributed by atoms with E-state index in [0.717, 1.165) is 34.5 Å². The largest absolute Gasteiger partial charge is 0.496 e. The number of carbonyl (C=O) groups is 2. The van der Waals surface area contributed by atoms with Crippen molar-refractivity contribution in [3.8, 4) is 16.9 Å². The van der Waals surface area contributed by atoms with Crippen LogP contribution in [0.15, 0.2) is 60.8 Å². The summed E-state index contributed by atoms with van der Waals surface area (Å²) in [5, 5.41) is 19.1. The number of hydrogen-bond acceptors (Lipinski definition) is 9. The molecule has 3 saturated carbocycles. The van der Waals surface area contributed by atoms with Crippen molar-refractivity contribution in [2.75, 3.05) is 39.2 Å². The molecule has 4 fully saturated rings. The van der Waals surface area contributed by atoms with Crippen LogP contribution < -0.4 is 26.0 Å². The molecule has 3 aliphatic carbocycles. The lowest BCUT2D eigenvalue weighted by Gasteiger charge is -2.62. The van der Waals surface area contributed by atoms with Gasteiger partial charge in [0.05, 0.1) is 25.9 Å². The van der Waals surface area contributed by atoms with Crippen molar-refractivity contribution in [2.24, 2.45) is 34.8 Å². The number of ether oxygens (including phenoxy) is 1. The fraction of sp³-hybridized carbons (Fsp3) is 0.537. The molecule has 1 aliphatic heterocycles. The molecule has 280 valence electrons. The Bertz CT molecular complexity index is 1730. The number of hydroxylamine groups is 2. The smallest absolute Gasteiger partial charge is 0.251 e. The highest BCUT2D eigenvalue weighted by Crippen LogP contribution is 2.61. The molecule has 0 unspecified atom stereocenters.